The van der Waals surface area contributed by atoms with E-state index in [2.05, 4.69) is 4.98 Å². The Morgan fingerprint density at radius 1 is 1.17 bits per heavy atom. The highest BCUT2D eigenvalue weighted by Crippen LogP contribution is 2.29. The molecular weight excluding hydrogens is 274 g/mol. The van der Waals surface area contributed by atoms with Crippen molar-refractivity contribution in [3.05, 3.63) is 52.0 Å². The molecule has 2 aromatic rings. The SMILES string of the molecule is N#CCc1ncc(F)cc1-c1cc(Cl)cc(Cl)c1. The molecule has 0 saturated heterocycles. The van der Waals surface area contributed by atoms with E-state index in [0.717, 1.165) is 6.20 Å². The van der Waals surface area contributed by atoms with E-state index in [-0.39, 0.29) is 6.42 Å². The number of halogens is 3. The monoisotopic (exact) mass is 280 g/mol. The normalized spacial score (nSPS) is 10.1. The quantitative estimate of drug-likeness (QED) is 0.824. The predicted octanol–water partition coefficient (Wildman–Crippen LogP) is 4.26. The first-order chi connectivity index (χ1) is 8.60. The largest absolute Gasteiger partial charge is 0.257 e. The van der Waals surface area contributed by atoms with E-state index in [1.165, 1.54) is 6.07 Å². The van der Waals surface area contributed by atoms with Gasteiger partial charge < -0.3 is 0 Å². The average molecular weight is 281 g/mol. The summed E-state index contributed by atoms with van der Waals surface area (Å²) in [5, 5.41) is 9.63. The number of benzene rings is 1. The van der Waals surface area contributed by atoms with Crippen LogP contribution in [0.3, 0.4) is 0 Å². The van der Waals surface area contributed by atoms with Crippen LogP contribution >= 0.6 is 23.2 Å². The molecule has 90 valence electrons. The minimum absolute atomic E-state index is 0.0970. The van der Waals surface area contributed by atoms with Crippen LogP contribution in [-0.4, -0.2) is 4.98 Å². The second kappa shape index (κ2) is 5.34. The Bertz CT molecular complexity index is 615. The van der Waals surface area contributed by atoms with Gasteiger partial charge in [0.25, 0.3) is 0 Å². The van der Waals surface area contributed by atoms with E-state index in [0.29, 0.717) is 26.9 Å². The van der Waals surface area contributed by atoms with Crippen LogP contribution in [0, 0.1) is 17.1 Å². The molecule has 1 aromatic heterocycles. The third kappa shape index (κ3) is 2.79. The van der Waals surface area contributed by atoms with Crippen molar-refractivity contribution in [1.29, 1.82) is 5.26 Å². The highest BCUT2D eigenvalue weighted by atomic mass is 35.5. The minimum atomic E-state index is -0.470. The van der Waals surface area contributed by atoms with Crippen LogP contribution in [0.4, 0.5) is 4.39 Å². The van der Waals surface area contributed by atoms with Gasteiger partial charge in [-0.15, -0.1) is 0 Å². The molecule has 1 aromatic carbocycles. The maximum Gasteiger partial charge on any atom is 0.142 e. The Balaban J connectivity index is 2.61. The van der Waals surface area contributed by atoms with Crippen LogP contribution in [0.1, 0.15) is 5.69 Å². The molecule has 0 aliphatic carbocycles. The Kier molecular flexibility index (Phi) is 3.81. The first-order valence-electron chi connectivity index (χ1n) is 5.08. The standard InChI is InChI=1S/C13H7Cl2FN2/c14-9-3-8(4-10(15)5-9)12-6-11(16)7-18-13(12)1-2-17/h3-7H,1H2. The third-order valence-corrected chi connectivity index (χ3v) is 2.79. The smallest absolute Gasteiger partial charge is 0.142 e. The Hall–Kier alpha value is -1.63. The van der Waals surface area contributed by atoms with Gasteiger partial charge in [-0.25, -0.2) is 4.39 Å². The number of rotatable bonds is 2. The highest BCUT2D eigenvalue weighted by molar-refractivity contribution is 6.35. The summed E-state index contributed by atoms with van der Waals surface area (Å²) >= 11 is 11.8. The van der Waals surface area contributed by atoms with Crippen molar-refractivity contribution < 1.29 is 4.39 Å². The van der Waals surface area contributed by atoms with Crippen LogP contribution in [0.15, 0.2) is 30.5 Å². The van der Waals surface area contributed by atoms with Crippen molar-refractivity contribution in [3.63, 3.8) is 0 Å². The van der Waals surface area contributed by atoms with Crippen LogP contribution < -0.4 is 0 Å². The molecule has 0 atom stereocenters. The zero-order chi connectivity index (χ0) is 13.1. The summed E-state index contributed by atoms with van der Waals surface area (Å²) in [5.41, 5.74) is 1.67. The van der Waals surface area contributed by atoms with Crippen LogP contribution in [0.25, 0.3) is 11.1 Å². The fourth-order valence-electron chi connectivity index (χ4n) is 1.64. The van der Waals surface area contributed by atoms with Crippen molar-refractivity contribution in [3.8, 4) is 17.2 Å². The van der Waals surface area contributed by atoms with Gasteiger partial charge in [-0.3, -0.25) is 4.98 Å². The maximum absolute atomic E-state index is 13.3. The zero-order valence-electron chi connectivity index (χ0n) is 9.12. The topological polar surface area (TPSA) is 36.7 Å². The summed E-state index contributed by atoms with van der Waals surface area (Å²) < 4.78 is 13.3. The molecule has 0 N–H and O–H groups in total. The van der Waals surface area contributed by atoms with Crippen molar-refractivity contribution >= 4 is 23.2 Å². The summed E-state index contributed by atoms with van der Waals surface area (Å²) in [6, 6.07) is 8.21. The molecule has 0 aliphatic rings. The molecular formula is C13H7Cl2FN2. The van der Waals surface area contributed by atoms with E-state index in [4.69, 9.17) is 28.5 Å². The number of aromatic nitrogens is 1. The molecule has 2 rings (SSSR count). The van der Waals surface area contributed by atoms with E-state index >= 15 is 0 Å². The lowest BCUT2D eigenvalue weighted by Gasteiger charge is -2.07. The highest BCUT2D eigenvalue weighted by Gasteiger charge is 2.09. The Morgan fingerprint density at radius 2 is 1.83 bits per heavy atom. The fraction of sp³-hybridized carbons (Fsp3) is 0.0769. The summed E-state index contributed by atoms with van der Waals surface area (Å²) in [6.45, 7) is 0. The summed E-state index contributed by atoms with van der Waals surface area (Å²) in [7, 11) is 0. The van der Waals surface area contributed by atoms with Crippen molar-refractivity contribution in [2.45, 2.75) is 6.42 Å². The number of nitriles is 1. The first-order valence-corrected chi connectivity index (χ1v) is 5.83. The second-order valence-corrected chi connectivity index (χ2v) is 4.51. The third-order valence-electron chi connectivity index (χ3n) is 2.36. The molecule has 0 saturated carbocycles. The second-order valence-electron chi connectivity index (χ2n) is 3.64. The average Bonchev–Trinajstić information content (AvgIpc) is 2.30. The lowest BCUT2D eigenvalue weighted by Crippen LogP contribution is -1.94. The van der Waals surface area contributed by atoms with Gasteiger partial charge in [0.2, 0.25) is 0 Å². The molecule has 2 nitrogen and oxygen atoms in total. The number of hydrogen-bond acceptors (Lipinski definition) is 2. The van der Waals surface area contributed by atoms with Gasteiger partial charge >= 0.3 is 0 Å². The Morgan fingerprint density at radius 3 is 2.44 bits per heavy atom. The van der Waals surface area contributed by atoms with Gasteiger partial charge in [0, 0.05) is 15.6 Å². The molecule has 5 heteroatoms. The van der Waals surface area contributed by atoms with Crippen LogP contribution in [0.5, 0.6) is 0 Å². The summed E-state index contributed by atoms with van der Waals surface area (Å²) in [5.74, 6) is -0.470. The number of nitrogens with zero attached hydrogens (tertiary/aromatic N) is 2. The number of hydrogen-bond donors (Lipinski definition) is 0. The number of pyridine rings is 1. The zero-order valence-corrected chi connectivity index (χ0v) is 10.6. The molecule has 0 radical (unpaired) electrons. The lowest BCUT2D eigenvalue weighted by molar-refractivity contribution is 0.620. The van der Waals surface area contributed by atoms with Gasteiger partial charge in [-0.2, -0.15) is 5.26 Å². The molecule has 18 heavy (non-hydrogen) atoms. The van der Waals surface area contributed by atoms with E-state index in [9.17, 15) is 4.39 Å². The molecule has 0 spiro atoms. The van der Waals surface area contributed by atoms with E-state index < -0.39 is 5.82 Å². The van der Waals surface area contributed by atoms with Gasteiger partial charge in [0.1, 0.15) is 5.82 Å². The van der Waals surface area contributed by atoms with Crippen LogP contribution in [-0.2, 0) is 6.42 Å². The minimum Gasteiger partial charge on any atom is -0.257 e. The van der Waals surface area contributed by atoms with Gasteiger partial charge in [0.05, 0.1) is 24.4 Å². The van der Waals surface area contributed by atoms with Crippen molar-refractivity contribution in [2.75, 3.05) is 0 Å². The van der Waals surface area contributed by atoms with E-state index in [1.807, 2.05) is 6.07 Å². The molecule has 1 heterocycles. The van der Waals surface area contributed by atoms with Crippen molar-refractivity contribution in [1.82, 2.24) is 4.98 Å². The fourth-order valence-corrected chi connectivity index (χ4v) is 2.17. The summed E-state index contributed by atoms with van der Waals surface area (Å²) in [6.07, 6.45) is 1.18. The van der Waals surface area contributed by atoms with Crippen molar-refractivity contribution in [2.24, 2.45) is 0 Å². The predicted molar refractivity (Wildman–Crippen MR) is 69.0 cm³/mol. The molecule has 0 fully saturated rings. The molecule has 0 bridgehead atoms. The van der Waals surface area contributed by atoms with Gasteiger partial charge in [-0.1, -0.05) is 23.2 Å². The first kappa shape index (κ1) is 12.8. The van der Waals surface area contributed by atoms with Gasteiger partial charge in [-0.05, 0) is 29.8 Å². The van der Waals surface area contributed by atoms with Crippen LogP contribution in [0.2, 0.25) is 10.0 Å². The molecule has 0 amide bonds. The van der Waals surface area contributed by atoms with E-state index in [1.54, 1.807) is 18.2 Å². The Labute approximate surface area is 114 Å². The van der Waals surface area contributed by atoms with Gasteiger partial charge in [0.15, 0.2) is 0 Å². The molecule has 0 aliphatic heterocycles. The molecule has 0 unspecified atom stereocenters. The summed E-state index contributed by atoms with van der Waals surface area (Å²) in [4.78, 5) is 3.92. The maximum atomic E-state index is 13.3. The lowest BCUT2D eigenvalue weighted by atomic mass is 10.0.